The van der Waals surface area contributed by atoms with Crippen molar-refractivity contribution in [1.82, 2.24) is 15.1 Å². The summed E-state index contributed by atoms with van der Waals surface area (Å²) in [7, 11) is 0. The van der Waals surface area contributed by atoms with Gasteiger partial charge in [0.1, 0.15) is 0 Å². The van der Waals surface area contributed by atoms with Crippen molar-refractivity contribution in [3.8, 4) is 0 Å². The van der Waals surface area contributed by atoms with Crippen LogP contribution < -0.4 is 5.32 Å². The first-order chi connectivity index (χ1) is 10.2. The second-order valence-corrected chi connectivity index (χ2v) is 6.26. The van der Waals surface area contributed by atoms with Gasteiger partial charge in [0.25, 0.3) is 0 Å². The topological polar surface area (TPSA) is 29.9 Å². The van der Waals surface area contributed by atoms with E-state index in [0.29, 0.717) is 0 Å². The number of hydrogen-bond acceptors (Lipinski definition) is 2. The fourth-order valence-electron chi connectivity index (χ4n) is 2.44. The van der Waals surface area contributed by atoms with Crippen LogP contribution in [0.1, 0.15) is 37.6 Å². The zero-order valence-electron chi connectivity index (χ0n) is 12.4. The second kappa shape index (κ2) is 7.97. The van der Waals surface area contributed by atoms with E-state index in [0.717, 1.165) is 41.0 Å². The largest absolute Gasteiger partial charge is 0.308 e. The summed E-state index contributed by atoms with van der Waals surface area (Å²) in [4.78, 5) is 0. The van der Waals surface area contributed by atoms with E-state index in [-0.39, 0.29) is 6.04 Å². The Morgan fingerprint density at radius 2 is 2.10 bits per heavy atom. The molecule has 1 aromatic heterocycles. The summed E-state index contributed by atoms with van der Waals surface area (Å²) in [5.41, 5.74) is 2.34. The van der Waals surface area contributed by atoms with Crippen molar-refractivity contribution in [1.29, 1.82) is 0 Å². The summed E-state index contributed by atoms with van der Waals surface area (Å²) >= 11 is 9.94. The van der Waals surface area contributed by atoms with Crippen LogP contribution in [0.3, 0.4) is 0 Å². The van der Waals surface area contributed by atoms with Crippen molar-refractivity contribution in [2.45, 2.75) is 39.3 Å². The van der Waals surface area contributed by atoms with Gasteiger partial charge in [0.15, 0.2) is 0 Å². The van der Waals surface area contributed by atoms with Crippen LogP contribution in [0.5, 0.6) is 0 Å². The van der Waals surface area contributed by atoms with Gasteiger partial charge in [-0.3, -0.25) is 4.68 Å². The van der Waals surface area contributed by atoms with Gasteiger partial charge in [-0.2, -0.15) is 5.10 Å². The number of rotatable bonds is 7. The van der Waals surface area contributed by atoms with Crippen molar-refractivity contribution in [3.63, 3.8) is 0 Å². The van der Waals surface area contributed by atoms with Gasteiger partial charge in [-0.25, -0.2) is 0 Å². The van der Waals surface area contributed by atoms with Crippen LogP contribution >= 0.6 is 27.5 Å². The monoisotopic (exact) mass is 369 g/mol. The number of nitrogens with zero attached hydrogens (tertiary/aromatic N) is 2. The molecule has 1 aromatic carbocycles. The Morgan fingerprint density at radius 3 is 2.76 bits per heavy atom. The molecule has 0 aliphatic rings. The van der Waals surface area contributed by atoms with E-state index in [1.807, 2.05) is 29.1 Å². The van der Waals surface area contributed by atoms with Crippen molar-refractivity contribution >= 4 is 27.5 Å². The molecule has 2 aromatic rings. The van der Waals surface area contributed by atoms with E-state index < -0.39 is 0 Å². The number of aryl methyl sites for hydroxylation is 1. The lowest BCUT2D eigenvalue weighted by Crippen LogP contribution is -2.27. The Labute approximate surface area is 139 Å². The predicted molar refractivity (Wildman–Crippen MR) is 91.8 cm³/mol. The molecule has 0 saturated carbocycles. The van der Waals surface area contributed by atoms with Crippen LogP contribution in [0.2, 0.25) is 5.02 Å². The average molecular weight is 371 g/mol. The molecule has 0 amide bonds. The minimum Gasteiger partial charge on any atom is -0.308 e. The van der Waals surface area contributed by atoms with Crippen LogP contribution in [0.15, 0.2) is 34.9 Å². The van der Waals surface area contributed by atoms with Crippen LogP contribution in [0.25, 0.3) is 0 Å². The van der Waals surface area contributed by atoms with Crippen LogP contribution in [-0.4, -0.2) is 16.3 Å². The minimum absolute atomic E-state index is 0.196. The highest BCUT2D eigenvalue weighted by atomic mass is 79.9. The van der Waals surface area contributed by atoms with E-state index in [9.17, 15) is 0 Å². The maximum Gasteiger partial charge on any atom is 0.0698 e. The third-order valence-electron chi connectivity index (χ3n) is 3.49. The fraction of sp³-hybridized carbons (Fsp3) is 0.438. The molecule has 1 heterocycles. The Bertz CT molecular complexity index is 583. The van der Waals surface area contributed by atoms with Gasteiger partial charge in [0, 0.05) is 11.6 Å². The van der Waals surface area contributed by atoms with E-state index in [1.54, 1.807) is 0 Å². The highest BCUT2D eigenvalue weighted by molar-refractivity contribution is 9.10. The molecule has 0 saturated heterocycles. The van der Waals surface area contributed by atoms with E-state index in [1.165, 1.54) is 5.69 Å². The molecular weight excluding hydrogens is 350 g/mol. The van der Waals surface area contributed by atoms with Gasteiger partial charge in [-0.15, -0.1) is 0 Å². The highest BCUT2D eigenvalue weighted by Crippen LogP contribution is 2.28. The van der Waals surface area contributed by atoms with Gasteiger partial charge in [0.05, 0.1) is 22.4 Å². The van der Waals surface area contributed by atoms with Crippen molar-refractivity contribution in [3.05, 3.63) is 51.2 Å². The SMILES string of the molecule is CCCNC(Cc1ccccc1Cl)c1c(Br)cnn1CC. The Balaban J connectivity index is 2.30. The summed E-state index contributed by atoms with van der Waals surface area (Å²) in [5, 5.41) is 8.86. The maximum absolute atomic E-state index is 6.32. The quantitative estimate of drug-likeness (QED) is 0.772. The van der Waals surface area contributed by atoms with E-state index >= 15 is 0 Å². The first-order valence-electron chi connectivity index (χ1n) is 7.35. The Hall–Kier alpha value is -0.840. The third kappa shape index (κ3) is 4.09. The lowest BCUT2D eigenvalue weighted by atomic mass is 10.0. The summed E-state index contributed by atoms with van der Waals surface area (Å²) in [5.74, 6) is 0. The number of benzene rings is 1. The van der Waals surface area contributed by atoms with Crippen LogP contribution in [0, 0.1) is 0 Å². The zero-order valence-corrected chi connectivity index (χ0v) is 14.8. The Morgan fingerprint density at radius 1 is 1.33 bits per heavy atom. The molecule has 2 rings (SSSR count). The molecule has 0 spiro atoms. The summed E-state index contributed by atoms with van der Waals surface area (Å²) in [6, 6.07) is 8.22. The first kappa shape index (κ1) is 16.5. The lowest BCUT2D eigenvalue weighted by molar-refractivity contribution is 0.477. The molecule has 0 fully saturated rings. The predicted octanol–water partition coefficient (Wildman–Crippen LogP) is 4.60. The highest BCUT2D eigenvalue weighted by Gasteiger charge is 2.20. The average Bonchev–Trinajstić information content (AvgIpc) is 2.86. The molecule has 1 N–H and O–H groups in total. The minimum atomic E-state index is 0.196. The molecule has 0 bridgehead atoms. The molecule has 5 heteroatoms. The Kier molecular flexibility index (Phi) is 6.27. The molecule has 1 unspecified atom stereocenters. The standard InChI is InChI=1S/C16H21BrClN3/c1-3-9-19-15(10-12-7-5-6-8-14(12)18)16-13(17)11-20-21(16)4-2/h5-8,11,15,19H,3-4,9-10H2,1-2H3. The smallest absolute Gasteiger partial charge is 0.0698 e. The zero-order chi connectivity index (χ0) is 15.2. The van der Waals surface area contributed by atoms with Crippen molar-refractivity contribution < 1.29 is 0 Å². The number of aromatic nitrogens is 2. The summed E-state index contributed by atoms with van der Waals surface area (Å²) < 4.78 is 3.08. The molecule has 1 atom stereocenters. The number of nitrogens with one attached hydrogen (secondary N) is 1. The fourth-order valence-corrected chi connectivity index (χ4v) is 3.22. The van der Waals surface area contributed by atoms with Gasteiger partial charge < -0.3 is 5.32 Å². The molecule has 114 valence electrons. The van der Waals surface area contributed by atoms with Gasteiger partial charge in [-0.1, -0.05) is 36.7 Å². The third-order valence-corrected chi connectivity index (χ3v) is 4.47. The molecule has 0 aliphatic heterocycles. The molecule has 21 heavy (non-hydrogen) atoms. The second-order valence-electron chi connectivity index (χ2n) is 5.00. The van der Waals surface area contributed by atoms with Gasteiger partial charge in [0.2, 0.25) is 0 Å². The molecular formula is C16H21BrClN3. The van der Waals surface area contributed by atoms with Crippen LogP contribution in [-0.2, 0) is 13.0 Å². The van der Waals surface area contributed by atoms with Gasteiger partial charge >= 0.3 is 0 Å². The van der Waals surface area contributed by atoms with E-state index in [2.05, 4.69) is 46.3 Å². The van der Waals surface area contributed by atoms with Crippen molar-refractivity contribution in [2.75, 3.05) is 6.54 Å². The maximum atomic E-state index is 6.32. The summed E-state index contributed by atoms with van der Waals surface area (Å²) in [6.07, 6.45) is 3.81. The normalized spacial score (nSPS) is 12.6. The number of hydrogen-bond donors (Lipinski definition) is 1. The molecule has 0 radical (unpaired) electrons. The van der Waals surface area contributed by atoms with Crippen LogP contribution in [0.4, 0.5) is 0 Å². The van der Waals surface area contributed by atoms with Crippen molar-refractivity contribution in [2.24, 2.45) is 0 Å². The number of halogens is 2. The molecule has 0 aliphatic carbocycles. The first-order valence-corrected chi connectivity index (χ1v) is 8.52. The summed E-state index contributed by atoms with van der Waals surface area (Å²) in [6.45, 7) is 6.10. The van der Waals surface area contributed by atoms with E-state index in [4.69, 9.17) is 11.6 Å². The van der Waals surface area contributed by atoms with Gasteiger partial charge in [-0.05, 0) is 53.9 Å². The molecule has 3 nitrogen and oxygen atoms in total. The lowest BCUT2D eigenvalue weighted by Gasteiger charge is -2.21.